The zero-order valence-corrected chi connectivity index (χ0v) is 13.4. The minimum Gasteiger partial charge on any atom is -0.383 e. The lowest BCUT2D eigenvalue weighted by molar-refractivity contribution is 0.00804. The SMILES string of the molecule is COCCN(CC1(C)CCOCC1)C(=O)NCC(C)C. The van der Waals surface area contributed by atoms with Crippen LogP contribution in [-0.4, -0.2) is 57.5 Å². The molecule has 1 aliphatic rings. The topological polar surface area (TPSA) is 50.8 Å². The van der Waals surface area contributed by atoms with E-state index in [1.807, 2.05) is 4.90 Å². The third kappa shape index (κ3) is 6.09. The minimum absolute atomic E-state index is 0.0171. The maximum atomic E-state index is 12.3. The second-order valence-electron chi connectivity index (χ2n) is 6.42. The van der Waals surface area contributed by atoms with Gasteiger partial charge in [-0.2, -0.15) is 0 Å². The molecule has 118 valence electrons. The fourth-order valence-corrected chi connectivity index (χ4v) is 2.34. The van der Waals surface area contributed by atoms with Gasteiger partial charge in [0, 0.05) is 40.0 Å². The van der Waals surface area contributed by atoms with Crippen LogP contribution in [0.25, 0.3) is 0 Å². The molecule has 0 aromatic rings. The van der Waals surface area contributed by atoms with E-state index in [0.29, 0.717) is 25.6 Å². The van der Waals surface area contributed by atoms with Crippen molar-refractivity contribution >= 4 is 6.03 Å². The summed E-state index contributed by atoms with van der Waals surface area (Å²) in [7, 11) is 1.67. The van der Waals surface area contributed by atoms with Gasteiger partial charge in [-0.25, -0.2) is 4.79 Å². The fraction of sp³-hybridized carbons (Fsp3) is 0.933. The van der Waals surface area contributed by atoms with Gasteiger partial charge in [0.2, 0.25) is 0 Å². The Hall–Kier alpha value is -0.810. The van der Waals surface area contributed by atoms with Crippen molar-refractivity contribution < 1.29 is 14.3 Å². The summed E-state index contributed by atoms with van der Waals surface area (Å²) in [5.74, 6) is 0.460. The third-order valence-corrected chi connectivity index (χ3v) is 3.79. The molecule has 0 aromatic heterocycles. The molecule has 0 bridgehead atoms. The summed E-state index contributed by atoms with van der Waals surface area (Å²) in [6.45, 7) is 10.7. The molecule has 1 fully saturated rings. The minimum atomic E-state index is 0.0171. The Morgan fingerprint density at radius 3 is 2.60 bits per heavy atom. The summed E-state index contributed by atoms with van der Waals surface area (Å²) in [5.41, 5.74) is 0.154. The van der Waals surface area contributed by atoms with Crippen LogP contribution in [0.3, 0.4) is 0 Å². The highest BCUT2D eigenvalue weighted by atomic mass is 16.5. The molecule has 0 aliphatic carbocycles. The second-order valence-corrected chi connectivity index (χ2v) is 6.42. The maximum absolute atomic E-state index is 12.3. The van der Waals surface area contributed by atoms with Gasteiger partial charge in [-0.1, -0.05) is 20.8 Å². The molecule has 0 spiro atoms. The maximum Gasteiger partial charge on any atom is 0.317 e. The van der Waals surface area contributed by atoms with Crippen molar-refractivity contribution in [1.82, 2.24) is 10.2 Å². The first-order valence-electron chi connectivity index (χ1n) is 7.56. The number of amides is 2. The average Bonchev–Trinajstić information content (AvgIpc) is 2.41. The molecule has 1 rings (SSSR count). The van der Waals surface area contributed by atoms with E-state index in [1.54, 1.807) is 7.11 Å². The highest BCUT2D eigenvalue weighted by Gasteiger charge is 2.31. The van der Waals surface area contributed by atoms with Crippen LogP contribution in [0.1, 0.15) is 33.6 Å². The number of urea groups is 1. The van der Waals surface area contributed by atoms with Crippen molar-refractivity contribution in [3.05, 3.63) is 0 Å². The Morgan fingerprint density at radius 1 is 1.40 bits per heavy atom. The van der Waals surface area contributed by atoms with E-state index in [1.165, 1.54) is 0 Å². The van der Waals surface area contributed by atoms with Crippen LogP contribution in [0.4, 0.5) is 4.79 Å². The first-order chi connectivity index (χ1) is 9.47. The van der Waals surface area contributed by atoms with Crippen LogP contribution in [-0.2, 0) is 9.47 Å². The van der Waals surface area contributed by atoms with Gasteiger partial charge in [0.05, 0.1) is 6.61 Å². The molecule has 2 amide bonds. The largest absolute Gasteiger partial charge is 0.383 e. The van der Waals surface area contributed by atoms with E-state index in [4.69, 9.17) is 9.47 Å². The molecular formula is C15H30N2O3. The van der Waals surface area contributed by atoms with Crippen molar-refractivity contribution in [2.45, 2.75) is 33.6 Å². The van der Waals surface area contributed by atoms with Gasteiger partial charge in [-0.15, -0.1) is 0 Å². The molecule has 0 unspecified atom stereocenters. The predicted molar refractivity (Wildman–Crippen MR) is 79.8 cm³/mol. The van der Waals surface area contributed by atoms with E-state index < -0.39 is 0 Å². The van der Waals surface area contributed by atoms with E-state index in [9.17, 15) is 4.79 Å². The van der Waals surface area contributed by atoms with Crippen molar-refractivity contribution in [2.75, 3.05) is 46.6 Å². The summed E-state index contributed by atoms with van der Waals surface area (Å²) in [4.78, 5) is 14.2. The normalized spacial score (nSPS) is 18.1. The Morgan fingerprint density at radius 2 is 2.05 bits per heavy atom. The zero-order chi connectivity index (χ0) is 15.0. The number of hydrogen-bond acceptors (Lipinski definition) is 3. The summed E-state index contributed by atoms with van der Waals surface area (Å²) in [6, 6.07) is 0.0171. The first-order valence-corrected chi connectivity index (χ1v) is 7.56. The lowest BCUT2D eigenvalue weighted by Crippen LogP contribution is -2.48. The van der Waals surface area contributed by atoms with Gasteiger partial charge in [-0.3, -0.25) is 0 Å². The van der Waals surface area contributed by atoms with Crippen molar-refractivity contribution in [1.29, 1.82) is 0 Å². The van der Waals surface area contributed by atoms with E-state index in [2.05, 4.69) is 26.1 Å². The average molecular weight is 286 g/mol. The van der Waals surface area contributed by atoms with Crippen LogP contribution >= 0.6 is 0 Å². The highest BCUT2D eigenvalue weighted by Crippen LogP contribution is 2.30. The summed E-state index contributed by atoms with van der Waals surface area (Å²) in [5, 5.41) is 3.00. The number of nitrogens with zero attached hydrogens (tertiary/aromatic N) is 1. The van der Waals surface area contributed by atoms with E-state index in [0.717, 1.165) is 32.6 Å². The predicted octanol–water partition coefficient (Wildman–Crippen LogP) is 2.12. The molecule has 5 nitrogen and oxygen atoms in total. The number of carbonyl (C=O) groups is 1. The molecular weight excluding hydrogens is 256 g/mol. The number of carbonyl (C=O) groups excluding carboxylic acids is 1. The molecule has 0 saturated carbocycles. The van der Waals surface area contributed by atoms with Crippen molar-refractivity contribution in [2.24, 2.45) is 11.3 Å². The monoisotopic (exact) mass is 286 g/mol. The van der Waals surface area contributed by atoms with Crippen LogP contribution < -0.4 is 5.32 Å². The standard InChI is InChI=1S/C15H30N2O3/c1-13(2)11-16-14(18)17(7-10-19-4)12-15(3)5-8-20-9-6-15/h13H,5-12H2,1-4H3,(H,16,18). The van der Waals surface area contributed by atoms with E-state index in [-0.39, 0.29) is 11.4 Å². The molecule has 1 N–H and O–H groups in total. The third-order valence-electron chi connectivity index (χ3n) is 3.79. The molecule has 20 heavy (non-hydrogen) atoms. The first kappa shape index (κ1) is 17.2. The number of nitrogens with one attached hydrogen (secondary N) is 1. The van der Waals surface area contributed by atoms with Crippen LogP contribution in [0.5, 0.6) is 0 Å². The zero-order valence-electron chi connectivity index (χ0n) is 13.4. The lowest BCUT2D eigenvalue weighted by atomic mass is 9.82. The quantitative estimate of drug-likeness (QED) is 0.780. The highest BCUT2D eigenvalue weighted by molar-refractivity contribution is 5.74. The number of ether oxygens (including phenoxy) is 2. The molecule has 5 heteroatoms. The van der Waals surface area contributed by atoms with Crippen molar-refractivity contribution in [3.8, 4) is 0 Å². The Bertz CT molecular complexity index is 289. The van der Waals surface area contributed by atoms with Crippen LogP contribution in [0, 0.1) is 11.3 Å². The Kier molecular flexibility index (Phi) is 7.30. The summed E-state index contributed by atoms with van der Waals surface area (Å²) >= 11 is 0. The number of rotatable bonds is 7. The molecule has 0 aromatic carbocycles. The Labute approximate surface area is 123 Å². The van der Waals surface area contributed by atoms with Gasteiger partial charge in [0.25, 0.3) is 0 Å². The number of methoxy groups -OCH3 is 1. The van der Waals surface area contributed by atoms with Gasteiger partial charge < -0.3 is 19.7 Å². The summed E-state index contributed by atoms with van der Waals surface area (Å²) in [6.07, 6.45) is 2.02. The van der Waals surface area contributed by atoms with E-state index >= 15 is 0 Å². The van der Waals surface area contributed by atoms with Crippen LogP contribution in [0.2, 0.25) is 0 Å². The van der Waals surface area contributed by atoms with Gasteiger partial charge in [0.15, 0.2) is 0 Å². The lowest BCUT2D eigenvalue weighted by Gasteiger charge is -2.38. The summed E-state index contributed by atoms with van der Waals surface area (Å²) < 4.78 is 10.5. The molecule has 1 aliphatic heterocycles. The fourth-order valence-electron chi connectivity index (χ4n) is 2.34. The Balaban J connectivity index is 2.55. The second kappa shape index (κ2) is 8.47. The number of hydrogen-bond donors (Lipinski definition) is 1. The van der Waals surface area contributed by atoms with Gasteiger partial charge in [-0.05, 0) is 24.2 Å². The molecule has 1 heterocycles. The van der Waals surface area contributed by atoms with Crippen molar-refractivity contribution in [3.63, 3.8) is 0 Å². The molecule has 0 radical (unpaired) electrons. The van der Waals surface area contributed by atoms with Crippen LogP contribution in [0.15, 0.2) is 0 Å². The smallest absolute Gasteiger partial charge is 0.317 e. The molecule has 1 saturated heterocycles. The van der Waals surface area contributed by atoms with Gasteiger partial charge >= 0.3 is 6.03 Å². The molecule has 0 atom stereocenters. The van der Waals surface area contributed by atoms with Gasteiger partial charge in [0.1, 0.15) is 0 Å².